The lowest BCUT2D eigenvalue weighted by molar-refractivity contribution is 0.0624. The Bertz CT molecular complexity index is 376. The molecule has 1 aromatic rings. The minimum atomic E-state index is -0.00208. The third-order valence-electron chi connectivity index (χ3n) is 2.58. The fourth-order valence-corrected chi connectivity index (χ4v) is 1.99. The number of nitrogens with zero attached hydrogens (tertiary/aromatic N) is 2. The maximum atomic E-state index is 12.1. The van der Waals surface area contributed by atoms with Gasteiger partial charge in [-0.15, -0.1) is 0 Å². The Morgan fingerprint density at radius 2 is 2.31 bits per heavy atom. The van der Waals surface area contributed by atoms with E-state index in [0.717, 1.165) is 4.47 Å². The van der Waals surface area contributed by atoms with Crippen molar-refractivity contribution in [3.05, 3.63) is 22.4 Å². The van der Waals surface area contributed by atoms with Gasteiger partial charge in [-0.3, -0.25) is 4.79 Å². The summed E-state index contributed by atoms with van der Waals surface area (Å²) in [6.07, 6.45) is 1.86. The van der Waals surface area contributed by atoms with Crippen molar-refractivity contribution in [3.8, 4) is 0 Å². The van der Waals surface area contributed by atoms with Crippen LogP contribution in [-0.4, -0.2) is 42.2 Å². The first-order valence-electron chi connectivity index (χ1n) is 5.05. The van der Waals surface area contributed by atoms with E-state index in [1.54, 1.807) is 19.1 Å². The average molecular weight is 289 g/mol. The molecule has 1 heterocycles. The first-order chi connectivity index (χ1) is 7.47. The fraction of sp³-hybridized carbons (Fsp3) is 0.545. The Balaban J connectivity index is 2.81. The summed E-state index contributed by atoms with van der Waals surface area (Å²) in [6, 6.07) is 1.88. The topological polar surface area (TPSA) is 34.5 Å². The molecule has 1 aromatic heterocycles. The van der Waals surface area contributed by atoms with E-state index in [4.69, 9.17) is 4.74 Å². The number of rotatable bonds is 4. The summed E-state index contributed by atoms with van der Waals surface area (Å²) >= 11 is 3.35. The van der Waals surface area contributed by atoms with E-state index in [1.165, 1.54) is 0 Å². The van der Waals surface area contributed by atoms with Crippen molar-refractivity contribution in [2.24, 2.45) is 7.05 Å². The highest BCUT2D eigenvalue weighted by molar-refractivity contribution is 9.10. The van der Waals surface area contributed by atoms with Crippen LogP contribution in [-0.2, 0) is 11.8 Å². The number of hydrogen-bond donors (Lipinski definition) is 0. The van der Waals surface area contributed by atoms with E-state index in [0.29, 0.717) is 12.3 Å². The van der Waals surface area contributed by atoms with Crippen molar-refractivity contribution in [1.82, 2.24) is 9.47 Å². The number of halogens is 1. The average Bonchev–Trinajstić information content (AvgIpc) is 2.56. The summed E-state index contributed by atoms with van der Waals surface area (Å²) in [6.45, 7) is 2.49. The Kier molecular flexibility index (Phi) is 4.56. The summed E-state index contributed by atoms with van der Waals surface area (Å²) in [7, 11) is 5.27. The van der Waals surface area contributed by atoms with E-state index in [2.05, 4.69) is 15.9 Å². The van der Waals surface area contributed by atoms with E-state index >= 15 is 0 Å². The van der Waals surface area contributed by atoms with Crippen molar-refractivity contribution < 1.29 is 9.53 Å². The molecule has 16 heavy (non-hydrogen) atoms. The van der Waals surface area contributed by atoms with Gasteiger partial charge >= 0.3 is 0 Å². The van der Waals surface area contributed by atoms with E-state index in [-0.39, 0.29) is 11.9 Å². The van der Waals surface area contributed by atoms with Gasteiger partial charge in [0, 0.05) is 31.9 Å². The molecule has 1 amide bonds. The summed E-state index contributed by atoms with van der Waals surface area (Å²) in [4.78, 5) is 13.8. The Morgan fingerprint density at radius 1 is 1.69 bits per heavy atom. The van der Waals surface area contributed by atoms with Crippen LogP contribution >= 0.6 is 15.9 Å². The van der Waals surface area contributed by atoms with Crippen LogP contribution < -0.4 is 0 Å². The second-order valence-electron chi connectivity index (χ2n) is 3.87. The maximum absolute atomic E-state index is 12.1. The van der Waals surface area contributed by atoms with Gasteiger partial charge in [0.15, 0.2) is 0 Å². The number of amides is 1. The first-order valence-corrected chi connectivity index (χ1v) is 5.84. The Morgan fingerprint density at radius 3 is 2.75 bits per heavy atom. The molecule has 90 valence electrons. The second kappa shape index (κ2) is 5.50. The molecule has 0 aliphatic carbocycles. The number of hydrogen-bond acceptors (Lipinski definition) is 2. The van der Waals surface area contributed by atoms with Crippen LogP contribution in [0.3, 0.4) is 0 Å². The Hall–Kier alpha value is -0.810. The largest absolute Gasteiger partial charge is 0.383 e. The van der Waals surface area contributed by atoms with Crippen molar-refractivity contribution in [2.75, 3.05) is 20.8 Å². The van der Waals surface area contributed by atoms with Crippen LogP contribution in [0, 0.1) is 0 Å². The zero-order valence-electron chi connectivity index (χ0n) is 10.0. The highest BCUT2D eigenvalue weighted by atomic mass is 79.9. The van der Waals surface area contributed by atoms with Crippen LogP contribution in [0.15, 0.2) is 16.7 Å². The quantitative estimate of drug-likeness (QED) is 0.848. The molecule has 0 aromatic carbocycles. The SMILES string of the molecule is COCC(C)N(C)C(=O)c1cc(Br)cn1C. The molecule has 1 unspecified atom stereocenters. The number of carbonyl (C=O) groups excluding carboxylic acids is 1. The summed E-state index contributed by atoms with van der Waals surface area (Å²) in [5.41, 5.74) is 0.664. The molecule has 5 heteroatoms. The second-order valence-corrected chi connectivity index (χ2v) is 4.79. The molecule has 0 aliphatic heterocycles. The molecular weight excluding hydrogens is 272 g/mol. The number of aromatic nitrogens is 1. The van der Waals surface area contributed by atoms with E-state index < -0.39 is 0 Å². The highest BCUT2D eigenvalue weighted by Crippen LogP contribution is 2.15. The maximum Gasteiger partial charge on any atom is 0.270 e. The van der Waals surface area contributed by atoms with Gasteiger partial charge < -0.3 is 14.2 Å². The predicted molar refractivity (Wildman–Crippen MR) is 66.5 cm³/mol. The number of carbonyl (C=O) groups is 1. The first kappa shape index (κ1) is 13.3. The van der Waals surface area contributed by atoms with Crippen LogP contribution in [0.2, 0.25) is 0 Å². The van der Waals surface area contributed by atoms with Gasteiger partial charge in [0.25, 0.3) is 5.91 Å². The number of aryl methyl sites for hydroxylation is 1. The third kappa shape index (κ3) is 2.86. The molecule has 0 spiro atoms. The molecule has 0 saturated carbocycles. The molecule has 0 aliphatic rings. The molecule has 0 radical (unpaired) electrons. The zero-order valence-corrected chi connectivity index (χ0v) is 11.6. The summed E-state index contributed by atoms with van der Waals surface area (Å²) in [5.74, 6) is -0.00208. The molecule has 1 rings (SSSR count). The minimum absolute atomic E-state index is 0.00208. The van der Waals surface area contributed by atoms with Gasteiger partial charge in [-0.05, 0) is 28.9 Å². The number of methoxy groups -OCH3 is 1. The van der Waals surface area contributed by atoms with Crippen molar-refractivity contribution >= 4 is 21.8 Å². The monoisotopic (exact) mass is 288 g/mol. The van der Waals surface area contributed by atoms with Crippen molar-refractivity contribution in [3.63, 3.8) is 0 Å². The van der Waals surface area contributed by atoms with Gasteiger partial charge in [0.1, 0.15) is 5.69 Å². The zero-order chi connectivity index (χ0) is 12.3. The lowest BCUT2D eigenvalue weighted by Crippen LogP contribution is -2.38. The van der Waals surface area contributed by atoms with Gasteiger partial charge in [0.2, 0.25) is 0 Å². The van der Waals surface area contributed by atoms with Gasteiger partial charge in [-0.1, -0.05) is 0 Å². The van der Waals surface area contributed by atoms with Gasteiger partial charge in [0.05, 0.1) is 12.6 Å². The molecular formula is C11H17BrN2O2. The molecule has 0 fully saturated rings. The van der Waals surface area contributed by atoms with Gasteiger partial charge in [-0.2, -0.15) is 0 Å². The van der Waals surface area contributed by atoms with Crippen LogP contribution in [0.4, 0.5) is 0 Å². The smallest absolute Gasteiger partial charge is 0.270 e. The van der Waals surface area contributed by atoms with Crippen LogP contribution in [0.25, 0.3) is 0 Å². The predicted octanol–water partition coefficient (Wildman–Crippen LogP) is 1.89. The number of ether oxygens (including phenoxy) is 1. The minimum Gasteiger partial charge on any atom is -0.383 e. The number of likely N-dealkylation sites (N-methyl/N-ethyl adjacent to an activating group) is 1. The normalized spacial score (nSPS) is 12.6. The van der Waals surface area contributed by atoms with Crippen molar-refractivity contribution in [2.45, 2.75) is 13.0 Å². The highest BCUT2D eigenvalue weighted by Gasteiger charge is 2.19. The molecule has 0 saturated heterocycles. The molecule has 0 N–H and O–H groups in total. The fourth-order valence-electron chi connectivity index (χ4n) is 1.47. The summed E-state index contributed by atoms with van der Waals surface area (Å²) in [5, 5.41) is 0. The van der Waals surface area contributed by atoms with Crippen LogP contribution in [0.5, 0.6) is 0 Å². The molecule has 0 bridgehead atoms. The molecule has 1 atom stereocenters. The van der Waals surface area contributed by atoms with Crippen LogP contribution in [0.1, 0.15) is 17.4 Å². The van der Waals surface area contributed by atoms with E-state index in [9.17, 15) is 4.79 Å². The lowest BCUT2D eigenvalue weighted by atomic mass is 10.3. The lowest BCUT2D eigenvalue weighted by Gasteiger charge is -2.24. The van der Waals surface area contributed by atoms with E-state index in [1.807, 2.05) is 30.8 Å². The third-order valence-corrected chi connectivity index (χ3v) is 3.01. The van der Waals surface area contributed by atoms with Crippen molar-refractivity contribution in [1.29, 1.82) is 0 Å². The van der Waals surface area contributed by atoms with Gasteiger partial charge in [-0.25, -0.2) is 0 Å². The molecule has 4 nitrogen and oxygen atoms in total. The summed E-state index contributed by atoms with van der Waals surface area (Å²) < 4.78 is 7.75. The Labute approximate surface area is 104 Å². The standard InChI is InChI=1S/C11H17BrN2O2/c1-8(7-16-4)14(3)11(15)10-5-9(12)6-13(10)2/h5-6,8H,7H2,1-4H3.